The molecule has 4 aromatic rings. The van der Waals surface area contributed by atoms with Gasteiger partial charge in [-0.1, -0.05) is 30.3 Å². The van der Waals surface area contributed by atoms with Gasteiger partial charge in [0.15, 0.2) is 0 Å². The van der Waals surface area contributed by atoms with E-state index in [1.54, 1.807) is 0 Å². The molecule has 2 aromatic carbocycles. The highest BCUT2D eigenvalue weighted by Gasteiger charge is 2.19. The number of rotatable bonds is 3. The fourth-order valence-electron chi connectivity index (χ4n) is 3.76. The molecular weight excluding hydrogens is 360 g/mol. The third-order valence-corrected chi connectivity index (χ3v) is 5.24. The van der Waals surface area contributed by atoms with Crippen LogP contribution >= 0.6 is 11.6 Å². The van der Waals surface area contributed by atoms with Crippen molar-refractivity contribution in [2.45, 2.75) is 6.54 Å². The Morgan fingerprint density at radius 2 is 1.74 bits per heavy atom. The standard InChI is InChI=1S/C21H19ClN4O/c22-21-23-19-16-8-9-26(14-15-4-2-1-3-5-15)18(16)7-6-17(19)20(24-21)25-10-12-27-13-11-25/h1-9H,10-14H2. The molecule has 2 aromatic heterocycles. The number of anilines is 1. The maximum absolute atomic E-state index is 6.29. The van der Waals surface area contributed by atoms with Crippen molar-refractivity contribution in [2.75, 3.05) is 31.2 Å². The average molecular weight is 379 g/mol. The van der Waals surface area contributed by atoms with Gasteiger partial charge >= 0.3 is 0 Å². The predicted octanol–water partition coefficient (Wildman–Crippen LogP) is 4.12. The van der Waals surface area contributed by atoms with Crippen molar-refractivity contribution >= 4 is 39.2 Å². The zero-order valence-corrected chi connectivity index (χ0v) is 15.6. The van der Waals surface area contributed by atoms with Gasteiger partial charge in [0, 0.05) is 36.6 Å². The molecule has 6 heteroatoms. The van der Waals surface area contributed by atoms with E-state index < -0.39 is 0 Å². The van der Waals surface area contributed by atoms with Gasteiger partial charge in [0.05, 0.1) is 24.2 Å². The fraction of sp³-hybridized carbons (Fsp3) is 0.238. The molecule has 1 aliphatic heterocycles. The molecule has 1 saturated heterocycles. The van der Waals surface area contributed by atoms with E-state index in [1.807, 2.05) is 6.07 Å². The maximum atomic E-state index is 6.29. The van der Waals surface area contributed by atoms with Crippen LogP contribution in [0.4, 0.5) is 5.82 Å². The first-order valence-electron chi connectivity index (χ1n) is 9.11. The summed E-state index contributed by atoms with van der Waals surface area (Å²) < 4.78 is 7.72. The molecule has 0 aliphatic carbocycles. The molecule has 0 atom stereocenters. The zero-order chi connectivity index (χ0) is 18.2. The van der Waals surface area contributed by atoms with E-state index in [0.717, 1.165) is 47.3 Å². The summed E-state index contributed by atoms with van der Waals surface area (Å²) in [4.78, 5) is 11.3. The Bertz CT molecular complexity index is 1100. The van der Waals surface area contributed by atoms with Crippen molar-refractivity contribution < 1.29 is 4.74 Å². The first kappa shape index (κ1) is 16.5. The SMILES string of the molecule is Clc1nc(N2CCOCC2)c2ccc3c(ccn3Cc3ccccc3)c2n1. The fourth-order valence-corrected chi connectivity index (χ4v) is 3.92. The van der Waals surface area contributed by atoms with Crippen LogP contribution in [0.5, 0.6) is 0 Å². The van der Waals surface area contributed by atoms with E-state index in [4.69, 9.17) is 16.3 Å². The van der Waals surface area contributed by atoms with E-state index >= 15 is 0 Å². The van der Waals surface area contributed by atoms with Crippen LogP contribution in [0.1, 0.15) is 5.56 Å². The van der Waals surface area contributed by atoms with Gasteiger partial charge in [-0.3, -0.25) is 0 Å². The van der Waals surface area contributed by atoms with Gasteiger partial charge in [0.1, 0.15) is 5.82 Å². The monoisotopic (exact) mass is 378 g/mol. The lowest BCUT2D eigenvalue weighted by atomic mass is 10.1. The minimum atomic E-state index is 0.285. The van der Waals surface area contributed by atoms with E-state index in [2.05, 4.69) is 68.1 Å². The van der Waals surface area contributed by atoms with Crippen LogP contribution in [-0.4, -0.2) is 40.8 Å². The summed E-state index contributed by atoms with van der Waals surface area (Å²) in [5, 5.41) is 2.42. The molecule has 0 amide bonds. The van der Waals surface area contributed by atoms with Crippen LogP contribution in [-0.2, 0) is 11.3 Å². The number of hydrogen-bond acceptors (Lipinski definition) is 4. The van der Waals surface area contributed by atoms with Gasteiger partial charge in [-0.2, -0.15) is 4.98 Å². The van der Waals surface area contributed by atoms with Gasteiger partial charge in [-0.25, -0.2) is 4.98 Å². The first-order valence-corrected chi connectivity index (χ1v) is 9.49. The summed E-state index contributed by atoms with van der Waals surface area (Å²) in [7, 11) is 0. The molecule has 0 radical (unpaired) electrons. The van der Waals surface area contributed by atoms with Crippen molar-refractivity contribution in [2.24, 2.45) is 0 Å². The molecule has 3 heterocycles. The van der Waals surface area contributed by atoms with Crippen molar-refractivity contribution in [3.05, 3.63) is 65.6 Å². The van der Waals surface area contributed by atoms with Crippen molar-refractivity contribution in [1.29, 1.82) is 0 Å². The molecule has 0 unspecified atom stereocenters. The summed E-state index contributed by atoms with van der Waals surface area (Å²) in [6.45, 7) is 3.87. The van der Waals surface area contributed by atoms with E-state index in [0.29, 0.717) is 13.2 Å². The molecule has 1 aliphatic rings. The second kappa shape index (κ2) is 6.83. The number of ether oxygens (including phenoxy) is 1. The smallest absolute Gasteiger partial charge is 0.224 e. The molecule has 0 saturated carbocycles. The maximum Gasteiger partial charge on any atom is 0.224 e. The van der Waals surface area contributed by atoms with Crippen LogP contribution in [0.15, 0.2) is 54.7 Å². The van der Waals surface area contributed by atoms with Crippen LogP contribution in [0.2, 0.25) is 5.28 Å². The van der Waals surface area contributed by atoms with Gasteiger partial charge in [0.2, 0.25) is 5.28 Å². The summed E-state index contributed by atoms with van der Waals surface area (Å²) in [6.07, 6.45) is 2.11. The lowest BCUT2D eigenvalue weighted by Gasteiger charge is -2.28. The Balaban J connectivity index is 1.64. The highest BCUT2D eigenvalue weighted by molar-refractivity contribution is 6.29. The zero-order valence-electron chi connectivity index (χ0n) is 14.8. The number of hydrogen-bond donors (Lipinski definition) is 0. The van der Waals surface area contributed by atoms with Gasteiger partial charge < -0.3 is 14.2 Å². The largest absolute Gasteiger partial charge is 0.378 e. The summed E-state index contributed by atoms with van der Waals surface area (Å²) in [5.74, 6) is 0.894. The van der Waals surface area contributed by atoms with E-state index in [1.165, 1.54) is 5.56 Å². The van der Waals surface area contributed by atoms with Crippen LogP contribution < -0.4 is 4.90 Å². The molecule has 0 spiro atoms. The second-order valence-corrected chi connectivity index (χ2v) is 7.08. The second-order valence-electron chi connectivity index (χ2n) is 6.74. The van der Waals surface area contributed by atoms with Crippen molar-refractivity contribution in [1.82, 2.24) is 14.5 Å². The average Bonchev–Trinajstić information content (AvgIpc) is 3.12. The summed E-state index contributed by atoms with van der Waals surface area (Å²) in [5.41, 5.74) is 3.32. The Morgan fingerprint density at radius 1 is 0.926 bits per heavy atom. The van der Waals surface area contributed by atoms with E-state index in [-0.39, 0.29) is 5.28 Å². The van der Waals surface area contributed by atoms with Crippen LogP contribution in [0.25, 0.3) is 21.8 Å². The molecule has 1 fully saturated rings. The molecule has 0 bridgehead atoms. The molecule has 136 valence electrons. The summed E-state index contributed by atoms with van der Waals surface area (Å²) in [6, 6.07) is 16.8. The van der Waals surface area contributed by atoms with Crippen molar-refractivity contribution in [3.63, 3.8) is 0 Å². The third kappa shape index (κ3) is 3.03. The van der Waals surface area contributed by atoms with Crippen LogP contribution in [0.3, 0.4) is 0 Å². The van der Waals surface area contributed by atoms with Gasteiger partial charge in [-0.05, 0) is 35.4 Å². The lowest BCUT2D eigenvalue weighted by molar-refractivity contribution is 0.122. The van der Waals surface area contributed by atoms with Gasteiger partial charge in [0.25, 0.3) is 0 Å². The highest BCUT2D eigenvalue weighted by Crippen LogP contribution is 2.32. The van der Waals surface area contributed by atoms with Crippen LogP contribution in [0, 0.1) is 0 Å². The number of aromatic nitrogens is 3. The normalized spacial score (nSPS) is 14.9. The Hall–Kier alpha value is -2.63. The number of fused-ring (bicyclic) bond motifs is 3. The minimum Gasteiger partial charge on any atom is -0.378 e. The van der Waals surface area contributed by atoms with Crippen molar-refractivity contribution in [3.8, 4) is 0 Å². The Labute approximate surface area is 162 Å². The molecule has 27 heavy (non-hydrogen) atoms. The molecule has 5 nitrogen and oxygen atoms in total. The number of morpholine rings is 1. The lowest BCUT2D eigenvalue weighted by Crippen LogP contribution is -2.37. The first-order chi connectivity index (χ1) is 13.3. The molecular formula is C21H19ClN4O. The topological polar surface area (TPSA) is 43.2 Å². The Kier molecular flexibility index (Phi) is 4.19. The highest BCUT2D eigenvalue weighted by atomic mass is 35.5. The third-order valence-electron chi connectivity index (χ3n) is 5.07. The number of halogens is 1. The predicted molar refractivity (Wildman–Crippen MR) is 109 cm³/mol. The minimum absolute atomic E-state index is 0.285. The number of benzene rings is 2. The van der Waals surface area contributed by atoms with Gasteiger partial charge in [-0.15, -0.1) is 0 Å². The molecule has 5 rings (SSSR count). The number of nitrogens with zero attached hydrogens (tertiary/aromatic N) is 4. The van der Waals surface area contributed by atoms with E-state index in [9.17, 15) is 0 Å². The Morgan fingerprint density at radius 3 is 2.56 bits per heavy atom. The quantitative estimate of drug-likeness (QED) is 0.503. The summed E-state index contributed by atoms with van der Waals surface area (Å²) >= 11 is 6.29. The molecule has 0 N–H and O–H groups in total.